The maximum Gasteiger partial charge on any atom is 0.220 e. The molecule has 0 aliphatic carbocycles. The van der Waals surface area contributed by atoms with E-state index in [9.17, 15) is 20.1 Å². The van der Waals surface area contributed by atoms with Gasteiger partial charge in [-0.2, -0.15) is 0 Å². The van der Waals surface area contributed by atoms with Crippen molar-refractivity contribution >= 4 is 5.91 Å². The van der Waals surface area contributed by atoms with Gasteiger partial charge in [-0.3, -0.25) is 4.79 Å². The molecule has 0 bridgehead atoms. The Balaban J connectivity index is 3.85. The van der Waals surface area contributed by atoms with Crippen LogP contribution in [0.4, 0.5) is 0 Å². The molecule has 3 atom stereocenters. The molecule has 0 spiro atoms. The van der Waals surface area contributed by atoms with Crippen LogP contribution in [-0.2, 0) is 4.79 Å². The highest BCUT2D eigenvalue weighted by molar-refractivity contribution is 5.76. The summed E-state index contributed by atoms with van der Waals surface area (Å²) in [5.41, 5.74) is 0. The van der Waals surface area contributed by atoms with Gasteiger partial charge in [0.05, 0.1) is 18.8 Å². The van der Waals surface area contributed by atoms with E-state index in [0.29, 0.717) is 12.8 Å². The third-order valence-electron chi connectivity index (χ3n) is 7.19. The van der Waals surface area contributed by atoms with Crippen molar-refractivity contribution in [2.75, 3.05) is 6.61 Å². The van der Waals surface area contributed by atoms with Crippen molar-refractivity contribution < 1.29 is 20.1 Å². The first-order chi connectivity index (χ1) is 19.1. The zero-order chi connectivity index (χ0) is 28.8. The van der Waals surface area contributed by atoms with Gasteiger partial charge >= 0.3 is 0 Å². The first-order valence-electron chi connectivity index (χ1n) is 16.3. The van der Waals surface area contributed by atoms with Crippen LogP contribution in [0.3, 0.4) is 0 Å². The number of unbranched alkanes of at least 4 members (excludes halogenated alkanes) is 14. The van der Waals surface area contributed by atoms with Gasteiger partial charge in [-0.05, 0) is 70.6 Å². The molecule has 0 rings (SSSR count). The zero-order valence-corrected chi connectivity index (χ0v) is 25.5. The number of aliphatic hydroxyl groups is 3. The first-order valence-corrected chi connectivity index (χ1v) is 16.3. The lowest BCUT2D eigenvalue weighted by Gasteiger charge is -2.26. The Morgan fingerprint density at radius 2 is 1.08 bits per heavy atom. The Kier molecular flexibility index (Phi) is 28.5. The fourth-order valence-corrected chi connectivity index (χ4v) is 4.57. The Morgan fingerprint density at radius 1 is 0.615 bits per heavy atom. The van der Waals surface area contributed by atoms with Gasteiger partial charge in [-0.25, -0.2) is 0 Å². The number of amides is 1. The molecule has 0 heterocycles. The highest BCUT2D eigenvalue weighted by atomic mass is 16.3. The minimum atomic E-state index is -1.17. The molecule has 1 amide bonds. The summed E-state index contributed by atoms with van der Waals surface area (Å²) in [7, 11) is 0. The lowest BCUT2D eigenvalue weighted by atomic mass is 10.0. The third-order valence-corrected chi connectivity index (χ3v) is 7.19. The summed E-state index contributed by atoms with van der Waals surface area (Å²) >= 11 is 0. The average Bonchev–Trinajstić information content (AvgIpc) is 2.94. The van der Waals surface area contributed by atoms with Gasteiger partial charge in [0.25, 0.3) is 0 Å². The number of hydrogen-bond acceptors (Lipinski definition) is 4. The van der Waals surface area contributed by atoms with Crippen LogP contribution < -0.4 is 5.32 Å². The Bertz CT molecular complexity index is 616. The smallest absolute Gasteiger partial charge is 0.220 e. The second-order valence-electron chi connectivity index (χ2n) is 11.0. The fraction of sp³-hybridized carbons (Fsp3) is 0.794. The standard InChI is InChI=1S/C34H63NO4/c1-3-5-7-9-11-13-15-16-17-19-20-22-24-26-28-32(37)34(39)31(30-36)35-33(38)29-27-25-23-21-18-14-12-10-8-6-4-2/h10,12,15-16,20,22,31-32,34,36-37,39H,3-9,11,13-14,17-19,21,23-30H2,1-2H3,(H,35,38)/b12-10-,16-15+,22-20+. The van der Waals surface area contributed by atoms with Gasteiger partial charge in [0.15, 0.2) is 0 Å². The summed E-state index contributed by atoms with van der Waals surface area (Å²) in [5.74, 6) is -0.173. The Labute approximate surface area is 241 Å². The molecule has 0 saturated heterocycles. The molecule has 5 heteroatoms. The number of rotatable bonds is 28. The zero-order valence-electron chi connectivity index (χ0n) is 25.5. The predicted octanol–water partition coefficient (Wildman–Crippen LogP) is 8.09. The fourth-order valence-electron chi connectivity index (χ4n) is 4.57. The van der Waals surface area contributed by atoms with Crippen LogP contribution in [-0.4, -0.2) is 46.1 Å². The molecule has 0 aromatic carbocycles. The van der Waals surface area contributed by atoms with E-state index >= 15 is 0 Å². The van der Waals surface area contributed by atoms with E-state index in [4.69, 9.17) is 0 Å². The topological polar surface area (TPSA) is 89.8 Å². The minimum Gasteiger partial charge on any atom is -0.394 e. The van der Waals surface area contributed by atoms with Crippen molar-refractivity contribution in [3.05, 3.63) is 36.5 Å². The van der Waals surface area contributed by atoms with Gasteiger partial charge in [-0.15, -0.1) is 0 Å². The molecule has 0 aliphatic heterocycles. The maximum absolute atomic E-state index is 12.3. The van der Waals surface area contributed by atoms with Crippen molar-refractivity contribution in [3.63, 3.8) is 0 Å². The predicted molar refractivity (Wildman–Crippen MR) is 167 cm³/mol. The lowest BCUT2D eigenvalue weighted by Crippen LogP contribution is -2.50. The van der Waals surface area contributed by atoms with E-state index in [2.05, 4.69) is 55.6 Å². The van der Waals surface area contributed by atoms with Crippen molar-refractivity contribution in [2.45, 2.75) is 167 Å². The number of hydrogen-bond donors (Lipinski definition) is 4. The Morgan fingerprint density at radius 3 is 1.64 bits per heavy atom. The maximum atomic E-state index is 12.3. The molecule has 228 valence electrons. The number of nitrogens with one attached hydrogen (secondary N) is 1. The van der Waals surface area contributed by atoms with E-state index < -0.39 is 18.2 Å². The molecule has 5 nitrogen and oxygen atoms in total. The summed E-state index contributed by atoms with van der Waals surface area (Å²) in [6.07, 6.45) is 33.7. The number of allylic oxidation sites excluding steroid dienone is 6. The molecule has 39 heavy (non-hydrogen) atoms. The summed E-state index contributed by atoms with van der Waals surface area (Å²) in [6.45, 7) is 4.07. The van der Waals surface area contributed by atoms with E-state index in [1.165, 1.54) is 70.6 Å². The summed E-state index contributed by atoms with van der Waals surface area (Å²) in [5, 5.41) is 33.1. The average molecular weight is 550 g/mol. The first kappa shape index (κ1) is 37.6. The highest BCUT2D eigenvalue weighted by Crippen LogP contribution is 2.12. The monoisotopic (exact) mass is 549 g/mol. The van der Waals surface area contributed by atoms with E-state index in [0.717, 1.165) is 51.4 Å². The summed E-state index contributed by atoms with van der Waals surface area (Å²) < 4.78 is 0. The summed E-state index contributed by atoms with van der Waals surface area (Å²) in [4.78, 5) is 12.3. The molecule has 0 aromatic rings. The second-order valence-corrected chi connectivity index (χ2v) is 11.0. The van der Waals surface area contributed by atoms with Crippen molar-refractivity contribution in [3.8, 4) is 0 Å². The molecule has 0 aromatic heterocycles. The van der Waals surface area contributed by atoms with Gasteiger partial charge in [-0.1, -0.05) is 108 Å². The van der Waals surface area contributed by atoms with Crippen molar-refractivity contribution in [1.29, 1.82) is 0 Å². The SMILES string of the molecule is CCCC/C=C\CCCCCCCC(=O)NC(CO)C(O)C(O)CCC/C=C/CC/C=C/CCCCCCC. The van der Waals surface area contributed by atoms with Crippen LogP contribution in [0.25, 0.3) is 0 Å². The molecule has 0 fully saturated rings. The van der Waals surface area contributed by atoms with Gasteiger partial charge in [0.1, 0.15) is 6.10 Å². The third kappa shape index (κ3) is 25.3. The molecule has 0 saturated carbocycles. The number of aliphatic hydroxyl groups excluding tert-OH is 3. The van der Waals surface area contributed by atoms with Crippen LogP contribution in [0, 0.1) is 0 Å². The Hall–Kier alpha value is -1.43. The molecular weight excluding hydrogens is 486 g/mol. The molecule has 0 radical (unpaired) electrons. The van der Waals surface area contributed by atoms with Crippen LogP contribution in [0.15, 0.2) is 36.5 Å². The molecule has 3 unspecified atom stereocenters. The normalized spacial score (nSPS) is 14.5. The van der Waals surface area contributed by atoms with Gasteiger partial charge in [0, 0.05) is 6.42 Å². The summed E-state index contributed by atoms with van der Waals surface area (Å²) in [6, 6.07) is -0.832. The molecule has 4 N–H and O–H groups in total. The largest absolute Gasteiger partial charge is 0.394 e. The quantitative estimate of drug-likeness (QED) is 0.0586. The van der Waals surface area contributed by atoms with E-state index in [-0.39, 0.29) is 12.5 Å². The van der Waals surface area contributed by atoms with E-state index in [1.54, 1.807) is 0 Å². The van der Waals surface area contributed by atoms with Crippen LogP contribution in [0.1, 0.15) is 149 Å². The highest BCUT2D eigenvalue weighted by Gasteiger charge is 2.26. The molecule has 0 aliphatic rings. The van der Waals surface area contributed by atoms with Gasteiger partial charge in [0.2, 0.25) is 5.91 Å². The van der Waals surface area contributed by atoms with Crippen LogP contribution in [0.2, 0.25) is 0 Å². The number of carbonyl (C=O) groups excluding carboxylic acids is 1. The van der Waals surface area contributed by atoms with Crippen molar-refractivity contribution in [2.24, 2.45) is 0 Å². The number of carbonyl (C=O) groups is 1. The molecular formula is C34H63NO4. The van der Waals surface area contributed by atoms with E-state index in [1.807, 2.05) is 0 Å². The minimum absolute atomic E-state index is 0.173. The van der Waals surface area contributed by atoms with Gasteiger partial charge < -0.3 is 20.6 Å². The van der Waals surface area contributed by atoms with Crippen LogP contribution in [0.5, 0.6) is 0 Å². The van der Waals surface area contributed by atoms with Crippen molar-refractivity contribution in [1.82, 2.24) is 5.32 Å². The second kappa shape index (κ2) is 29.6. The lowest BCUT2D eigenvalue weighted by molar-refractivity contribution is -0.124. The van der Waals surface area contributed by atoms with Crippen LogP contribution >= 0.6 is 0 Å².